The molecule has 0 unspecified atom stereocenters. The van der Waals surface area contributed by atoms with Crippen molar-refractivity contribution in [2.75, 3.05) is 31.7 Å². The molecular weight excluding hydrogens is 222 g/mol. The second kappa shape index (κ2) is 6.67. The SMILES string of the molecule is CCOC(=O)CN(C)c1cncc(OCC)n1. The fourth-order valence-electron chi connectivity index (χ4n) is 1.22. The summed E-state index contributed by atoms with van der Waals surface area (Å²) in [6, 6.07) is 0. The molecule has 0 aliphatic carbocycles. The Kier molecular flexibility index (Phi) is 5.19. The summed E-state index contributed by atoms with van der Waals surface area (Å²) >= 11 is 0. The number of anilines is 1. The van der Waals surface area contributed by atoms with E-state index in [2.05, 4.69) is 9.97 Å². The van der Waals surface area contributed by atoms with Gasteiger partial charge >= 0.3 is 5.97 Å². The highest BCUT2D eigenvalue weighted by atomic mass is 16.5. The number of hydrogen-bond acceptors (Lipinski definition) is 6. The molecule has 0 radical (unpaired) electrons. The largest absolute Gasteiger partial charge is 0.477 e. The topological polar surface area (TPSA) is 64.5 Å². The predicted octanol–water partition coefficient (Wildman–Crippen LogP) is 0.875. The van der Waals surface area contributed by atoms with Crippen LogP contribution in [0.3, 0.4) is 0 Å². The lowest BCUT2D eigenvalue weighted by Crippen LogP contribution is -2.28. The lowest BCUT2D eigenvalue weighted by molar-refractivity contribution is -0.141. The number of aromatic nitrogens is 2. The van der Waals surface area contributed by atoms with E-state index in [4.69, 9.17) is 9.47 Å². The smallest absolute Gasteiger partial charge is 0.325 e. The Balaban J connectivity index is 2.64. The average Bonchev–Trinajstić information content (AvgIpc) is 2.30. The highest BCUT2D eigenvalue weighted by Gasteiger charge is 2.10. The van der Waals surface area contributed by atoms with Gasteiger partial charge in [0.25, 0.3) is 0 Å². The van der Waals surface area contributed by atoms with E-state index < -0.39 is 0 Å². The Morgan fingerprint density at radius 3 is 2.76 bits per heavy atom. The van der Waals surface area contributed by atoms with Crippen LogP contribution < -0.4 is 9.64 Å². The third-order valence-corrected chi connectivity index (χ3v) is 1.95. The van der Waals surface area contributed by atoms with E-state index in [0.29, 0.717) is 24.9 Å². The minimum Gasteiger partial charge on any atom is -0.477 e. The first-order valence-electron chi connectivity index (χ1n) is 5.49. The molecule has 6 heteroatoms. The summed E-state index contributed by atoms with van der Waals surface area (Å²) in [5.74, 6) is 0.725. The molecule has 0 spiro atoms. The molecule has 1 rings (SSSR count). The molecule has 1 heterocycles. The lowest BCUT2D eigenvalue weighted by atomic mass is 10.5. The number of esters is 1. The minimum atomic E-state index is -0.293. The molecular formula is C11H17N3O3. The minimum absolute atomic E-state index is 0.137. The standard InChI is InChI=1S/C11H17N3O3/c1-4-16-10-7-12-6-9(13-10)14(3)8-11(15)17-5-2/h6-7H,4-5,8H2,1-3H3. The van der Waals surface area contributed by atoms with Crippen LogP contribution in [0.5, 0.6) is 5.88 Å². The van der Waals surface area contributed by atoms with Crippen molar-refractivity contribution < 1.29 is 14.3 Å². The fraction of sp³-hybridized carbons (Fsp3) is 0.545. The fourth-order valence-corrected chi connectivity index (χ4v) is 1.22. The number of carbonyl (C=O) groups is 1. The second-order valence-corrected chi connectivity index (χ2v) is 3.31. The molecule has 94 valence electrons. The van der Waals surface area contributed by atoms with E-state index in [9.17, 15) is 4.79 Å². The zero-order valence-corrected chi connectivity index (χ0v) is 10.3. The molecule has 0 aliphatic heterocycles. The third-order valence-electron chi connectivity index (χ3n) is 1.95. The summed E-state index contributed by atoms with van der Waals surface area (Å²) in [7, 11) is 1.75. The van der Waals surface area contributed by atoms with Gasteiger partial charge in [0, 0.05) is 7.05 Å². The monoisotopic (exact) mass is 239 g/mol. The van der Waals surface area contributed by atoms with Crippen LogP contribution in [0, 0.1) is 0 Å². The van der Waals surface area contributed by atoms with Crippen molar-refractivity contribution in [1.29, 1.82) is 0 Å². The van der Waals surface area contributed by atoms with Gasteiger partial charge in [-0.3, -0.25) is 9.78 Å². The first-order chi connectivity index (χ1) is 8.17. The molecule has 0 bridgehead atoms. The van der Waals surface area contributed by atoms with Crippen molar-refractivity contribution in [2.45, 2.75) is 13.8 Å². The number of nitrogens with zero attached hydrogens (tertiary/aromatic N) is 3. The lowest BCUT2D eigenvalue weighted by Gasteiger charge is -2.16. The number of ether oxygens (including phenoxy) is 2. The molecule has 0 saturated carbocycles. The maximum absolute atomic E-state index is 11.3. The average molecular weight is 239 g/mol. The first kappa shape index (κ1) is 13.2. The van der Waals surface area contributed by atoms with Crippen LogP contribution in [0.1, 0.15) is 13.8 Å². The Labute approximate surface area is 101 Å². The van der Waals surface area contributed by atoms with Gasteiger partial charge in [0.1, 0.15) is 6.54 Å². The zero-order chi connectivity index (χ0) is 12.7. The normalized spacial score (nSPS) is 9.82. The molecule has 0 fully saturated rings. The molecule has 0 aromatic carbocycles. The third kappa shape index (κ3) is 4.26. The number of rotatable bonds is 6. The Morgan fingerprint density at radius 2 is 2.12 bits per heavy atom. The number of likely N-dealkylation sites (N-methyl/N-ethyl adjacent to an activating group) is 1. The van der Waals surface area contributed by atoms with Crippen LogP contribution in [-0.4, -0.2) is 42.7 Å². The van der Waals surface area contributed by atoms with Gasteiger partial charge in [-0.15, -0.1) is 0 Å². The summed E-state index contributed by atoms with van der Waals surface area (Å²) in [6.07, 6.45) is 3.10. The van der Waals surface area contributed by atoms with E-state index in [1.807, 2.05) is 6.92 Å². The van der Waals surface area contributed by atoms with Gasteiger partial charge < -0.3 is 14.4 Å². The molecule has 0 N–H and O–H groups in total. The quantitative estimate of drug-likeness (QED) is 0.686. The van der Waals surface area contributed by atoms with Crippen LogP contribution in [0.4, 0.5) is 5.82 Å². The molecule has 1 aromatic heterocycles. The van der Waals surface area contributed by atoms with Gasteiger partial charge in [0.05, 0.1) is 25.6 Å². The van der Waals surface area contributed by atoms with E-state index in [0.717, 1.165) is 0 Å². The molecule has 0 atom stereocenters. The van der Waals surface area contributed by atoms with Gasteiger partial charge in [-0.25, -0.2) is 0 Å². The predicted molar refractivity (Wildman–Crippen MR) is 63.1 cm³/mol. The van der Waals surface area contributed by atoms with Crippen molar-refractivity contribution in [1.82, 2.24) is 9.97 Å². The zero-order valence-electron chi connectivity index (χ0n) is 10.3. The Hall–Kier alpha value is -1.85. The molecule has 0 amide bonds. The summed E-state index contributed by atoms with van der Waals surface area (Å²) in [5, 5.41) is 0. The van der Waals surface area contributed by atoms with Gasteiger partial charge in [-0.1, -0.05) is 0 Å². The second-order valence-electron chi connectivity index (χ2n) is 3.31. The molecule has 17 heavy (non-hydrogen) atoms. The van der Waals surface area contributed by atoms with Crippen molar-refractivity contribution in [3.63, 3.8) is 0 Å². The highest BCUT2D eigenvalue weighted by molar-refractivity contribution is 5.75. The van der Waals surface area contributed by atoms with E-state index >= 15 is 0 Å². The van der Waals surface area contributed by atoms with Crippen LogP contribution in [0.25, 0.3) is 0 Å². The van der Waals surface area contributed by atoms with Crippen LogP contribution in [0.15, 0.2) is 12.4 Å². The number of hydrogen-bond donors (Lipinski definition) is 0. The van der Waals surface area contributed by atoms with Crippen molar-refractivity contribution >= 4 is 11.8 Å². The van der Waals surface area contributed by atoms with Crippen LogP contribution >= 0.6 is 0 Å². The Bertz CT molecular complexity index is 371. The molecule has 0 aliphatic rings. The molecule has 1 aromatic rings. The molecule has 0 saturated heterocycles. The van der Waals surface area contributed by atoms with Crippen molar-refractivity contribution in [2.24, 2.45) is 0 Å². The van der Waals surface area contributed by atoms with Crippen molar-refractivity contribution in [3.8, 4) is 5.88 Å². The Morgan fingerprint density at radius 1 is 1.35 bits per heavy atom. The van der Waals surface area contributed by atoms with Gasteiger partial charge in [-0.05, 0) is 13.8 Å². The summed E-state index contributed by atoms with van der Waals surface area (Å²) < 4.78 is 10.1. The van der Waals surface area contributed by atoms with Crippen LogP contribution in [-0.2, 0) is 9.53 Å². The van der Waals surface area contributed by atoms with Gasteiger partial charge in [-0.2, -0.15) is 4.98 Å². The van der Waals surface area contributed by atoms with Gasteiger partial charge in [0.2, 0.25) is 5.88 Å². The van der Waals surface area contributed by atoms with Crippen LogP contribution in [0.2, 0.25) is 0 Å². The van der Waals surface area contributed by atoms with E-state index in [1.54, 1.807) is 25.1 Å². The number of carbonyl (C=O) groups excluding carboxylic acids is 1. The van der Waals surface area contributed by atoms with Crippen molar-refractivity contribution in [3.05, 3.63) is 12.4 Å². The maximum atomic E-state index is 11.3. The summed E-state index contributed by atoms with van der Waals surface area (Å²) in [5.41, 5.74) is 0. The summed E-state index contributed by atoms with van der Waals surface area (Å²) in [4.78, 5) is 21.2. The summed E-state index contributed by atoms with van der Waals surface area (Å²) in [6.45, 7) is 4.68. The van der Waals surface area contributed by atoms with E-state index in [-0.39, 0.29) is 12.5 Å². The molecule has 6 nitrogen and oxygen atoms in total. The van der Waals surface area contributed by atoms with Gasteiger partial charge in [0.15, 0.2) is 5.82 Å². The maximum Gasteiger partial charge on any atom is 0.325 e. The van der Waals surface area contributed by atoms with E-state index in [1.165, 1.54) is 6.20 Å². The highest BCUT2D eigenvalue weighted by Crippen LogP contribution is 2.12. The first-order valence-corrected chi connectivity index (χ1v) is 5.49.